The van der Waals surface area contributed by atoms with E-state index in [1.165, 1.54) is 0 Å². The summed E-state index contributed by atoms with van der Waals surface area (Å²) in [7, 11) is 0. The molecule has 0 radical (unpaired) electrons. The van der Waals surface area contributed by atoms with Crippen LogP contribution >= 0.6 is 24.0 Å². The van der Waals surface area contributed by atoms with Gasteiger partial charge in [0, 0.05) is 17.6 Å². The van der Waals surface area contributed by atoms with E-state index in [9.17, 15) is 4.79 Å². The van der Waals surface area contributed by atoms with Gasteiger partial charge in [0.05, 0.1) is 0 Å². The molecule has 20 heavy (non-hydrogen) atoms. The molecule has 1 aliphatic rings. The molecule has 1 amide bonds. The zero-order valence-electron chi connectivity index (χ0n) is 11.4. The van der Waals surface area contributed by atoms with Gasteiger partial charge in [-0.25, -0.2) is 0 Å². The first-order valence-electron chi connectivity index (χ1n) is 6.54. The maximum Gasteiger partial charge on any atom is 0.258 e. The molecular weight excluding hydrogens is 299 g/mol. The second-order valence-corrected chi connectivity index (χ2v) is 5.25. The molecule has 112 valence electrons. The van der Waals surface area contributed by atoms with E-state index in [1.54, 1.807) is 12.1 Å². The summed E-state index contributed by atoms with van der Waals surface area (Å²) in [6.07, 6.45) is 2.13. The van der Waals surface area contributed by atoms with Gasteiger partial charge in [-0.1, -0.05) is 11.6 Å². The first-order chi connectivity index (χ1) is 9.15. The lowest BCUT2D eigenvalue weighted by Gasteiger charge is -2.23. The number of nitrogens with one attached hydrogen (secondary N) is 2. The SMILES string of the molecule is Cc1cc(Cl)ccc1OCC(=O)NC1CCCNC1.Cl. The Morgan fingerprint density at radius 1 is 1.55 bits per heavy atom. The minimum Gasteiger partial charge on any atom is -0.484 e. The van der Waals surface area contributed by atoms with E-state index in [1.807, 2.05) is 13.0 Å². The monoisotopic (exact) mass is 318 g/mol. The summed E-state index contributed by atoms with van der Waals surface area (Å²) in [5.74, 6) is 0.615. The van der Waals surface area contributed by atoms with Gasteiger partial charge in [0.1, 0.15) is 5.75 Å². The van der Waals surface area contributed by atoms with Crippen LogP contribution in [0.4, 0.5) is 0 Å². The molecule has 0 bridgehead atoms. The summed E-state index contributed by atoms with van der Waals surface area (Å²) in [6.45, 7) is 3.82. The van der Waals surface area contributed by atoms with Crippen LogP contribution in [0.15, 0.2) is 18.2 Å². The van der Waals surface area contributed by atoms with Crippen molar-refractivity contribution >= 4 is 29.9 Å². The molecule has 1 saturated heterocycles. The molecule has 0 aromatic heterocycles. The van der Waals surface area contributed by atoms with Crippen LogP contribution < -0.4 is 15.4 Å². The summed E-state index contributed by atoms with van der Waals surface area (Å²) < 4.78 is 5.50. The molecule has 2 rings (SSSR count). The van der Waals surface area contributed by atoms with Crippen molar-refractivity contribution in [2.45, 2.75) is 25.8 Å². The van der Waals surface area contributed by atoms with Crippen LogP contribution in [0.3, 0.4) is 0 Å². The number of carbonyl (C=O) groups is 1. The Morgan fingerprint density at radius 3 is 3.00 bits per heavy atom. The number of hydrogen-bond donors (Lipinski definition) is 2. The zero-order valence-corrected chi connectivity index (χ0v) is 13.0. The van der Waals surface area contributed by atoms with Crippen LogP contribution in [0.1, 0.15) is 18.4 Å². The smallest absolute Gasteiger partial charge is 0.258 e. The van der Waals surface area contributed by atoms with E-state index in [0.717, 1.165) is 31.5 Å². The Bertz CT molecular complexity index is 449. The zero-order chi connectivity index (χ0) is 13.7. The third-order valence-corrected chi connectivity index (χ3v) is 3.39. The molecule has 1 aliphatic heterocycles. The molecule has 0 saturated carbocycles. The second kappa shape index (κ2) is 8.35. The summed E-state index contributed by atoms with van der Waals surface area (Å²) in [5.41, 5.74) is 0.930. The molecule has 4 nitrogen and oxygen atoms in total. The molecule has 6 heteroatoms. The Kier molecular flexibility index (Phi) is 7.13. The van der Waals surface area contributed by atoms with Crippen LogP contribution in [0.2, 0.25) is 5.02 Å². The fraction of sp³-hybridized carbons (Fsp3) is 0.500. The lowest BCUT2D eigenvalue weighted by atomic mass is 10.1. The van der Waals surface area contributed by atoms with Crippen molar-refractivity contribution in [2.24, 2.45) is 0 Å². The Labute approximate surface area is 130 Å². The van der Waals surface area contributed by atoms with E-state index >= 15 is 0 Å². The molecule has 1 fully saturated rings. The fourth-order valence-corrected chi connectivity index (χ4v) is 2.39. The average molecular weight is 319 g/mol. The van der Waals surface area contributed by atoms with Crippen molar-refractivity contribution < 1.29 is 9.53 Å². The summed E-state index contributed by atoms with van der Waals surface area (Å²) in [4.78, 5) is 11.8. The van der Waals surface area contributed by atoms with Gasteiger partial charge >= 0.3 is 0 Å². The maximum atomic E-state index is 11.8. The molecule has 1 aromatic rings. The highest BCUT2D eigenvalue weighted by Crippen LogP contribution is 2.21. The van der Waals surface area contributed by atoms with E-state index in [2.05, 4.69) is 10.6 Å². The van der Waals surface area contributed by atoms with Crippen molar-refractivity contribution in [1.82, 2.24) is 10.6 Å². The number of rotatable bonds is 4. The van der Waals surface area contributed by atoms with Gasteiger partial charge < -0.3 is 15.4 Å². The van der Waals surface area contributed by atoms with Gasteiger partial charge in [-0.05, 0) is 50.1 Å². The van der Waals surface area contributed by atoms with Crippen molar-refractivity contribution in [1.29, 1.82) is 0 Å². The summed E-state index contributed by atoms with van der Waals surface area (Å²) in [5, 5.41) is 6.90. The molecule has 1 unspecified atom stereocenters. The van der Waals surface area contributed by atoms with E-state index < -0.39 is 0 Å². The maximum absolute atomic E-state index is 11.8. The number of ether oxygens (including phenoxy) is 1. The van der Waals surface area contributed by atoms with Crippen molar-refractivity contribution in [3.63, 3.8) is 0 Å². The molecule has 1 heterocycles. The number of benzene rings is 1. The third kappa shape index (κ3) is 5.19. The summed E-state index contributed by atoms with van der Waals surface area (Å²) >= 11 is 5.87. The van der Waals surface area contributed by atoms with Gasteiger partial charge in [-0.15, -0.1) is 12.4 Å². The van der Waals surface area contributed by atoms with Gasteiger partial charge in [0.25, 0.3) is 5.91 Å². The lowest BCUT2D eigenvalue weighted by Crippen LogP contribution is -2.47. The number of piperidine rings is 1. The van der Waals surface area contributed by atoms with Crippen LogP contribution in [0, 0.1) is 6.92 Å². The fourth-order valence-electron chi connectivity index (χ4n) is 2.16. The average Bonchev–Trinajstić information content (AvgIpc) is 2.39. The summed E-state index contributed by atoms with van der Waals surface area (Å²) in [6, 6.07) is 5.58. The minimum atomic E-state index is -0.0805. The predicted molar refractivity (Wildman–Crippen MR) is 83.0 cm³/mol. The third-order valence-electron chi connectivity index (χ3n) is 3.16. The van der Waals surface area contributed by atoms with Gasteiger partial charge in [0.15, 0.2) is 6.61 Å². The van der Waals surface area contributed by atoms with Gasteiger partial charge in [-0.3, -0.25) is 4.79 Å². The van der Waals surface area contributed by atoms with Crippen LogP contribution in [0.5, 0.6) is 5.75 Å². The largest absolute Gasteiger partial charge is 0.484 e. The predicted octanol–water partition coefficient (Wildman–Crippen LogP) is 2.32. The Hall–Kier alpha value is -0.970. The molecule has 1 aromatic carbocycles. The standard InChI is InChI=1S/C14H19ClN2O2.ClH/c1-10-7-11(15)4-5-13(10)19-9-14(18)17-12-3-2-6-16-8-12;/h4-5,7,12,16H,2-3,6,8-9H2,1H3,(H,17,18);1H. The Morgan fingerprint density at radius 2 is 2.35 bits per heavy atom. The van der Waals surface area contributed by atoms with Crippen molar-refractivity contribution in [2.75, 3.05) is 19.7 Å². The van der Waals surface area contributed by atoms with E-state index in [0.29, 0.717) is 10.8 Å². The van der Waals surface area contributed by atoms with Crippen LogP contribution in [0.25, 0.3) is 0 Å². The molecule has 0 spiro atoms. The number of halogens is 2. The molecule has 1 atom stereocenters. The number of aryl methyl sites for hydroxylation is 1. The first-order valence-corrected chi connectivity index (χ1v) is 6.92. The lowest BCUT2D eigenvalue weighted by molar-refractivity contribution is -0.123. The quantitative estimate of drug-likeness (QED) is 0.895. The number of amides is 1. The van der Waals surface area contributed by atoms with Crippen molar-refractivity contribution in [3.05, 3.63) is 28.8 Å². The second-order valence-electron chi connectivity index (χ2n) is 4.81. The highest BCUT2D eigenvalue weighted by Gasteiger charge is 2.15. The normalized spacial score (nSPS) is 18.0. The highest BCUT2D eigenvalue weighted by atomic mass is 35.5. The van der Waals surface area contributed by atoms with Gasteiger partial charge in [-0.2, -0.15) is 0 Å². The van der Waals surface area contributed by atoms with Crippen LogP contribution in [-0.2, 0) is 4.79 Å². The molecule has 2 N–H and O–H groups in total. The number of hydrogen-bond acceptors (Lipinski definition) is 3. The topological polar surface area (TPSA) is 50.4 Å². The Balaban J connectivity index is 0.00000200. The van der Waals surface area contributed by atoms with Crippen molar-refractivity contribution in [3.8, 4) is 5.75 Å². The van der Waals surface area contributed by atoms with Crippen LogP contribution in [-0.4, -0.2) is 31.6 Å². The number of carbonyl (C=O) groups excluding carboxylic acids is 1. The highest BCUT2D eigenvalue weighted by molar-refractivity contribution is 6.30. The van der Waals surface area contributed by atoms with Gasteiger partial charge in [0.2, 0.25) is 0 Å². The van der Waals surface area contributed by atoms with E-state index in [-0.39, 0.29) is 31.0 Å². The minimum absolute atomic E-state index is 0. The molecule has 0 aliphatic carbocycles. The molecular formula is C14H20Cl2N2O2. The van der Waals surface area contributed by atoms with E-state index in [4.69, 9.17) is 16.3 Å². The first kappa shape index (κ1) is 17.1.